The highest BCUT2D eigenvalue weighted by atomic mass is 16.4. The molecule has 0 amide bonds. The van der Waals surface area contributed by atoms with Crippen molar-refractivity contribution in [1.82, 2.24) is 5.32 Å². The predicted octanol–water partition coefficient (Wildman–Crippen LogP) is 2.96. The van der Waals surface area contributed by atoms with Crippen LogP contribution in [-0.4, -0.2) is 24.1 Å². The summed E-state index contributed by atoms with van der Waals surface area (Å²) in [4.78, 5) is 0. The van der Waals surface area contributed by atoms with Crippen molar-refractivity contribution < 1.29 is 5.21 Å². The Morgan fingerprint density at radius 3 is 2.56 bits per heavy atom. The lowest BCUT2D eigenvalue weighted by molar-refractivity contribution is 0.304. The van der Waals surface area contributed by atoms with E-state index in [0.29, 0.717) is 5.84 Å². The van der Waals surface area contributed by atoms with Gasteiger partial charge in [0.25, 0.3) is 0 Å². The van der Waals surface area contributed by atoms with Crippen molar-refractivity contribution in [2.45, 2.75) is 59.8 Å². The van der Waals surface area contributed by atoms with Crippen molar-refractivity contribution >= 4 is 5.84 Å². The molecular weight excluding hydrogens is 226 g/mol. The summed E-state index contributed by atoms with van der Waals surface area (Å²) in [6, 6.07) is 0. The van der Waals surface area contributed by atoms with Crippen molar-refractivity contribution in [3.8, 4) is 0 Å². The maximum atomic E-state index is 8.69. The van der Waals surface area contributed by atoms with Crippen LogP contribution in [-0.2, 0) is 0 Å². The molecule has 0 aromatic rings. The van der Waals surface area contributed by atoms with Gasteiger partial charge in [0.05, 0.1) is 0 Å². The minimum Gasteiger partial charge on any atom is -0.409 e. The molecule has 1 atom stereocenters. The van der Waals surface area contributed by atoms with Crippen molar-refractivity contribution in [3.63, 3.8) is 0 Å². The van der Waals surface area contributed by atoms with Crippen LogP contribution in [0.2, 0.25) is 0 Å². The zero-order valence-corrected chi connectivity index (χ0v) is 12.5. The Balaban J connectivity index is 3.84. The third kappa shape index (κ3) is 6.84. The number of amidine groups is 1. The molecule has 18 heavy (non-hydrogen) atoms. The fourth-order valence-corrected chi connectivity index (χ4v) is 1.91. The number of hydrogen-bond acceptors (Lipinski definition) is 3. The number of unbranched alkanes of at least 4 members (excludes halogenated alkanes) is 1. The van der Waals surface area contributed by atoms with Gasteiger partial charge in [-0.25, -0.2) is 0 Å². The molecule has 1 unspecified atom stereocenters. The van der Waals surface area contributed by atoms with E-state index < -0.39 is 0 Å². The molecular formula is C14H31N3O. The maximum Gasteiger partial charge on any atom is 0.144 e. The molecule has 0 aliphatic rings. The summed E-state index contributed by atoms with van der Waals surface area (Å²) in [6.07, 6.45) is 6.01. The topological polar surface area (TPSA) is 70.6 Å². The third-order valence-corrected chi connectivity index (χ3v) is 3.70. The van der Waals surface area contributed by atoms with Gasteiger partial charge in [-0.1, -0.05) is 52.1 Å². The Kier molecular flexibility index (Phi) is 8.81. The van der Waals surface area contributed by atoms with Crippen LogP contribution in [0.3, 0.4) is 0 Å². The SMILES string of the molecule is CCCCC(CC)CNCCC(C)(C)C(N)=NO. The van der Waals surface area contributed by atoms with Gasteiger partial charge in [0.1, 0.15) is 5.84 Å². The summed E-state index contributed by atoms with van der Waals surface area (Å²) in [7, 11) is 0. The number of oxime groups is 1. The second kappa shape index (κ2) is 9.20. The van der Waals surface area contributed by atoms with Crippen LogP contribution in [0.4, 0.5) is 0 Å². The Hall–Kier alpha value is -0.770. The van der Waals surface area contributed by atoms with Crippen LogP contribution >= 0.6 is 0 Å². The average molecular weight is 257 g/mol. The summed E-state index contributed by atoms with van der Waals surface area (Å²) < 4.78 is 0. The highest BCUT2D eigenvalue weighted by Gasteiger charge is 2.22. The quantitative estimate of drug-likeness (QED) is 0.185. The smallest absolute Gasteiger partial charge is 0.144 e. The molecule has 4 N–H and O–H groups in total. The Morgan fingerprint density at radius 1 is 1.39 bits per heavy atom. The molecule has 0 aliphatic carbocycles. The second-order valence-electron chi connectivity index (χ2n) is 5.74. The largest absolute Gasteiger partial charge is 0.409 e. The van der Waals surface area contributed by atoms with Crippen LogP contribution in [0.25, 0.3) is 0 Å². The fourth-order valence-electron chi connectivity index (χ4n) is 1.91. The molecule has 0 rings (SSSR count). The van der Waals surface area contributed by atoms with E-state index in [0.717, 1.165) is 25.4 Å². The third-order valence-electron chi connectivity index (χ3n) is 3.70. The molecule has 0 fully saturated rings. The van der Waals surface area contributed by atoms with Crippen molar-refractivity contribution in [2.75, 3.05) is 13.1 Å². The molecule has 0 spiro atoms. The van der Waals surface area contributed by atoms with Crippen LogP contribution in [0.1, 0.15) is 59.8 Å². The van der Waals surface area contributed by atoms with E-state index in [1.807, 2.05) is 13.8 Å². The molecule has 4 nitrogen and oxygen atoms in total. The summed E-state index contributed by atoms with van der Waals surface area (Å²) in [6.45, 7) is 10.5. The molecule has 0 saturated heterocycles. The van der Waals surface area contributed by atoms with E-state index in [1.165, 1.54) is 25.7 Å². The van der Waals surface area contributed by atoms with Crippen LogP contribution < -0.4 is 11.1 Å². The average Bonchev–Trinajstić information content (AvgIpc) is 2.36. The first-order chi connectivity index (χ1) is 8.47. The number of hydrogen-bond donors (Lipinski definition) is 3. The first-order valence-electron chi connectivity index (χ1n) is 7.16. The Bertz CT molecular complexity index is 239. The first-order valence-corrected chi connectivity index (χ1v) is 7.16. The van der Waals surface area contributed by atoms with E-state index in [1.54, 1.807) is 0 Å². The van der Waals surface area contributed by atoms with Gasteiger partial charge >= 0.3 is 0 Å². The van der Waals surface area contributed by atoms with Crippen LogP contribution in [0.5, 0.6) is 0 Å². The van der Waals surface area contributed by atoms with Gasteiger partial charge in [-0.15, -0.1) is 0 Å². The molecule has 0 radical (unpaired) electrons. The zero-order valence-electron chi connectivity index (χ0n) is 12.5. The van der Waals surface area contributed by atoms with Crippen molar-refractivity contribution in [1.29, 1.82) is 0 Å². The monoisotopic (exact) mass is 257 g/mol. The van der Waals surface area contributed by atoms with Gasteiger partial charge in [-0.2, -0.15) is 0 Å². The molecule has 0 aromatic heterocycles. The van der Waals surface area contributed by atoms with Crippen LogP contribution in [0.15, 0.2) is 5.16 Å². The first kappa shape index (κ1) is 17.2. The van der Waals surface area contributed by atoms with E-state index >= 15 is 0 Å². The Labute approximate surface area is 112 Å². The van der Waals surface area contributed by atoms with E-state index in [2.05, 4.69) is 24.3 Å². The zero-order chi connectivity index (χ0) is 14.0. The molecule has 0 heterocycles. The van der Waals surface area contributed by atoms with Crippen LogP contribution in [0, 0.1) is 11.3 Å². The molecule has 0 bridgehead atoms. The number of nitrogens with one attached hydrogen (secondary N) is 1. The van der Waals surface area contributed by atoms with E-state index in [9.17, 15) is 0 Å². The molecule has 0 aliphatic heterocycles. The van der Waals surface area contributed by atoms with Gasteiger partial charge in [0.2, 0.25) is 0 Å². The molecule has 108 valence electrons. The highest BCUT2D eigenvalue weighted by molar-refractivity contribution is 5.85. The van der Waals surface area contributed by atoms with Gasteiger partial charge in [-0.05, 0) is 31.8 Å². The minimum atomic E-state index is -0.243. The lowest BCUT2D eigenvalue weighted by Crippen LogP contribution is -2.35. The number of nitrogens with zero attached hydrogens (tertiary/aromatic N) is 1. The normalized spacial score (nSPS) is 14.8. The van der Waals surface area contributed by atoms with E-state index in [4.69, 9.17) is 10.9 Å². The summed E-state index contributed by atoms with van der Waals surface area (Å²) in [5.41, 5.74) is 5.41. The van der Waals surface area contributed by atoms with Crippen molar-refractivity contribution in [3.05, 3.63) is 0 Å². The standard InChI is InChI=1S/C14H31N3O/c1-5-7-8-12(6-2)11-16-10-9-14(3,4)13(15)17-18/h12,16,18H,5-11H2,1-4H3,(H2,15,17). The summed E-state index contributed by atoms with van der Waals surface area (Å²) in [5, 5.41) is 15.3. The number of nitrogens with two attached hydrogens (primary N) is 1. The predicted molar refractivity (Wildman–Crippen MR) is 78.0 cm³/mol. The van der Waals surface area contributed by atoms with Gasteiger partial charge < -0.3 is 16.3 Å². The number of rotatable bonds is 10. The molecule has 0 aromatic carbocycles. The summed E-state index contributed by atoms with van der Waals surface area (Å²) in [5.74, 6) is 1.08. The minimum absolute atomic E-state index is 0.243. The maximum absolute atomic E-state index is 8.69. The lowest BCUT2D eigenvalue weighted by Gasteiger charge is -2.23. The van der Waals surface area contributed by atoms with Crippen molar-refractivity contribution in [2.24, 2.45) is 22.2 Å². The van der Waals surface area contributed by atoms with Gasteiger partial charge in [-0.3, -0.25) is 0 Å². The molecule has 0 saturated carbocycles. The van der Waals surface area contributed by atoms with Gasteiger partial charge in [0, 0.05) is 5.41 Å². The highest BCUT2D eigenvalue weighted by Crippen LogP contribution is 2.19. The van der Waals surface area contributed by atoms with E-state index in [-0.39, 0.29) is 5.41 Å². The molecule has 4 heteroatoms. The Morgan fingerprint density at radius 2 is 2.06 bits per heavy atom. The lowest BCUT2D eigenvalue weighted by atomic mass is 9.88. The van der Waals surface area contributed by atoms with Gasteiger partial charge in [0.15, 0.2) is 0 Å². The second-order valence-corrected chi connectivity index (χ2v) is 5.74. The summed E-state index contributed by atoms with van der Waals surface area (Å²) >= 11 is 0. The fraction of sp³-hybridized carbons (Fsp3) is 0.929.